The van der Waals surface area contributed by atoms with Crippen molar-refractivity contribution in [2.75, 3.05) is 19.0 Å². The molecular weight excluding hydrogens is 339 g/mol. The maximum atomic E-state index is 12.8. The van der Waals surface area contributed by atoms with E-state index in [0.717, 1.165) is 12.1 Å². The van der Waals surface area contributed by atoms with Crippen molar-refractivity contribution in [3.05, 3.63) is 46.0 Å². The fourth-order valence-corrected chi connectivity index (χ4v) is 3.01. The Labute approximate surface area is 142 Å². The lowest BCUT2D eigenvalue weighted by Gasteiger charge is -2.16. The number of thiazole rings is 1. The summed E-state index contributed by atoms with van der Waals surface area (Å²) >= 11 is 1.24. The van der Waals surface area contributed by atoms with Gasteiger partial charge in [0.2, 0.25) is 0 Å². The van der Waals surface area contributed by atoms with Crippen molar-refractivity contribution in [3.63, 3.8) is 0 Å². The first-order valence-corrected chi connectivity index (χ1v) is 8.04. The Hall–Kier alpha value is -2.09. The molecule has 2 aromatic rings. The summed E-state index contributed by atoms with van der Waals surface area (Å²) in [4.78, 5) is 18.9. The quantitative estimate of drug-likeness (QED) is 0.899. The summed E-state index contributed by atoms with van der Waals surface area (Å²) in [6, 6.07) is 4.40. The smallest absolute Gasteiger partial charge is 0.354 e. The van der Waals surface area contributed by atoms with Gasteiger partial charge in [-0.3, -0.25) is 4.79 Å². The SMILES string of the molecule is Cc1nc(N(C)C)sc1C(=O)NC(C)c1cccc(C(F)(F)F)c1. The molecule has 1 aromatic heterocycles. The summed E-state index contributed by atoms with van der Waals surface area (Å²) in [6.45, 7) is 3.38. The summed E-state index contributed by atoms with van der Waals surface area (Å²) in [6.07, 6.45) is -4.41. The zero-order valence-electron chi connectivity index (χ0n) is 13.7. The average molecular weight is 357 g/mol. The lowest BCUT2D eigenvalue weighted by Crippen LogP contribution is -2.26. The van der Waals surface area contributed by atoms with Crippen LogP contribution in [0.3, 0.4) is 0 Å². The molecule has 0 saturated carbocycles. The molecule has 130 valence electrons. The van der Waals surface area contributed by atoms with Gasteiger partial charge in [0, 0.05) is 14.1 Å². The number of carbonyl (C=O) groups is 1. The Morgan fingerprint density at radius 3 is 2.54 bits per heavy atom. The van der Waals surface area contributed by atoms with Crippen LogP contribution in [0.25, 0.3) is 0 Å². The second-order valence-electron chi connectivity index (χ2n) is 5.62. The van der Waals surface area contributed by atoms with Crippen LogP contribution >= 0.6 is 11.3 Å². The molecule has 0 radical (unpaired) electrons. The summed E-state index contributed by atoms with van der Waals surface area (Å²) in [5.74, 6) is -0.344. The number of carbonyl (C=O) groups excluding carboxylic acids is 1. The highest BCUT2D eigenvalue weighted by Crippen LogP contribution is 2.31. The Balaban J connectivity index is 2.17. The lowest BCUT2D eigenvalue weighted by atomic mass is 10.0. The molecule has 1 unspecified atom stereocenters. The third kappa shape index (κ3) is 4.05. The van der Waals surface area contributed by atoms with Gasteiger partial charge in [-0.25, -0.2) is 4.98 Å². The van der Waals surface area contributed by atoms with E-state index in [1.165, 1.54) is 17.4 Å². The predicted molar refractivity (Wildman–Crippen MR) is 88.5 cm³/mol. The molecule has 0 aliphatic heterocycles. The Morgan fingerprint density at radius 1 is 1.33 bits per heavy atom. The van der Waals surface area contributed by atoms with Crippen molar-refractivity contribution in [2.45, 2.75) is 26.1 Å². The van der Waals surface area contributed by atoms with Gasteiger partial charge in [-0.05, 0) is 31.5 Å². The van der Waals surface area contributed by atoms with Crippen LogP contribution < -0.4 is 10.2 Å². The molecule has 0 spiro atoms. The van der Waals surface area contributed by atoms with Gasteiger partial charge in [0.15, 0.2) is 5.13 Å². The van der Waals surface area contributed by atoms with Gasteiger partial charge in [0.1, 0.15) is 4.88 Å². The van der Waals surface area contributed by atoms with Gasteiger partial charge in [-0.15, -0.1) is 0 Å². The van der Waals surface area contributed by atoms with E-state index in [9.17, 15) is 18.0 Å². The molecule has 1 N–H and O–H groups in total. The van der Waals surface area contributed by atoms with E-state index >= 15 is 0 Å². The molecule has 0 fully saturated rings. The van der Waals surface area contributed by atoms with Gasteiger partial charge < -0.3 is 10.2 Å². The molecule has 8 heteroatoms. The highest BCUT2D eigenvalue weighted by atomic mass is 32.1. The van der Waals surface area contributed by atoms with E-state index in [4.69, 9.17) is 0 Å². The van der Waals surface area contributed by atoms with Crippen LogP contribution in [0.2, 0.25) is 0 Å². The Morgan fingerprint density at radius 2 is 2.00 bits per heavy atom. The summed E-state index contributed by atoms with van der Waals surface area (Å²) in [5, 5.41) is 3.43. The Kier molecular flexibility index (Phi) is 5.17. The van der Waals surface area contributed by atoms with Crippen LogP contribution in [0.5, 0.6) is 0 Å². The van der Waals surface area contributed by atoms with Crippen molar-refractivity contribution in [2.24, 2.45) is 0 Å². The molecular formula is C16H18F3N3OS. The van der Waals surface area contributed by atoms with Crippen LogP contribution in [-0.2, 0) is 6.18 Å². The van der Waals surface area contributed by atoms with Crippen molar-refractivity contribution < 1.29 is 18.0 Å². The van der Waals surface area contributed by atoms with Gasteiger partial charge in [-0.1, -0.05) is 23.5 Å². The van der Waals surface area contributed by atoms with Crippen LogP contribution in [0, 0.1) is 6.92 Å². The minimum absolute atomic E-state index is 0.344. The maximum absolute atomic E-state index is 12.8. The number of anilines is 1. The number of hydrogen-bond acceptors (Lipinski definition) is 4. The standard InChI is InChI=1S/C16H18F3N3OS/c1-9(11-6-5-7-12(8-11)16(17,18)19)20-14(23)13-10(2)21-15(24-13)22(3)4/h5-9H,1-4H3,(H,20,23). The van der Waals surface area contributed by atoms with E-state index < -0.39 is 17.8 Å². The minimum Gasteiger partial charge on any atom is -0.354 e. The summed E-state index contributed by atoms with van der Waals surface area (Å²) in [7, 11) is 3.65. The fraction of sp³-hybridized carbons (Fsp3) is 0.375. The topological polar surface area (TPSA) is 45.2 Å². The zero-order chi connectivity index (χ0) is 18.1. The number of aromatic nitrogens is 1. The number of amides is 1. The van der Waals surface area contributed by atoms with Crippen molar-refractivity contribution >= 4 is 22.4 Å². The predicted octanol–water partition coefficient (Wildman–Crippen LogP) is 4.03. The third-order valence-corrected chi connectivity index (χ3v) is 4.76. The molecule has 1 amide bonds. The molecule has 0 aliphatic carbocycles. The van der Waals surface area contributed by atoms with E-state index in [2.05, 4.69) is 10.3 Å². The fourth-order valence-electron chi connectivity index (χ4n) is 2.11. The molecule has 1 atom stereocenters. The molecule has 4 nitrogen and oxygen atoms in total. The third-order valence-electron chi connectivity index (χ3n) is 3.44. The second kappa shape index (κ2) is 6.80. The largest absolute Gasteiger partial charge is 0.416 e. The van der Waals surface area contributed by atoms with Crippen molar-refractivity contribution in [1.29, 1.82) is 0 Å². The molecule has 0 bridgehead atoms. The average Bonchev–Trinajstić information content (AvgIpc) is 2.89. The lowest BCUT2D eigenvalue weighted by molar-refractivity contribution is -0.137. The van der Waals surface area contributed by atoms with Crippen LogP contribution in [0.4, 0.5) is 18.3 Å². The summed E-state index contributed by atoms with van der Waals surface area (Å²) < 4.78 is 38.4. The molecule has 0 saturated heterocycles. The molecule has 1 heterocycles. The highest BCUT2D eigenvalue weighted by Gasteiger charge is 2.31. The summed E-state index contributed by atoms with van der Waals surface area (Å²) in [5.41, 5.74) is 0.260. The zero-order valence-corrected chi connectivity index (χ0v) is 14.5. The van der Waals surface area contributed by atoms with E-state index in [1.54, 1.807) is 24.8 Å². The van der Waals surface area contributed by atoms with Gasteiger partial charge in [-0.2, -0.15) is 13.2 Å². The maximum Gasteiger partial charge on any atom is 0.416 e. The van der Waals surface area contributed by atoms with Crippen LogP contribution in [0.15, 0.2) is 24.3 Å². The highest BCUT2D eigenvalue weighted by molar-refractivity contribution is 7.17. The number of hydrogen-bond donors (Lipinski definition) is 1. The van der Waals surface area contributed by atoms with Crippen molar-refractivity contribution in [3.8, 4) is 0 Å². The molecule has 24 heavy (non-hydrogen) atoms. The monoisotopic (exact) mass is 357 g/mol. The van der Waals surface area contributed by atoms with Crippen LogP contribution in [-0.4, -0.2) is 25.0 Å². The van der Waals surface area contributed by atoms with E-state index in [-0.39, 0.29) is 5.91 Å². The second-order valence-corrected chi connectivity index (χ2v) is 6.60. The Bertz CT molecular complexity index is 740. The number of alkyl halides is 3. The first-order chi connectivity index (χ1) is 11.1. The number of aryl methyl sites for hydroxylation is 1. The molecule has 2 rings (SSSR count). The normalized spacial score (nSPS) is 12.8. The van der Waals surface area contributed by atoms with E-state index in [1.807, 2.05) is 14.1 Å². The number of nitrogens with zero attached hydrogens (tertiary/aromatic N) is 2. The number of benzene rings is 1. The van der Waals surface area contributed by atoms with Crippen molar-refractivity contribution in [1.82, 2.24) is 10.3 Å². The number of rotatable bonds is 4. The number of nitrogens with one attached hydrogen (secondary N) is 1. The van der Waals surface area contributed by atoms with Gasteiger partial charge in [0.05, 0.1) is 17.3 Å². The first-order valence-electron chi connectivity index (χ1n) is 7.22. The van der Waals surface area contributed by atoms with E-state index in [0.29, 0.717) is 21.3 Å². The van der Waals surface area contributed by atoms with Gasteiger partial charge in [0.25, 0.3) is 5.91 Å². The molecule has 1 aromatic carbocycles. The molecule has 0 aliphatic rings. The van der Waals surface area contributed by atoms with Gasteiger partial charge >= 0.3 is 6.18 Å². The first kappa shape index (κ1) is 18.3. The number of halogens is 3. The van der Waals surface area contributed by atoms with Crippen LogP contribution in [0.1, 0.15) is 39.5 Å². The minimum atomic E-state index is -4.41.